The summed E-state index contributed by atoms with van der Waals surface area (Å²) in [5, 5.41) is 26.6. The Labute approximate surface area is 183 Å². The molecule has 0 aliphatic carbocycles. The molecule has 0 saturated carbocycles. The maximum Gasteiger partial charge on any atom is 0.325 e. The van der Waals surface area contributed by atoms with Crippen molar-refractivity contribution in [1.82, 2.24) is 15.2 Å². The van der Waals surface area contributed by atoms with Gasteiger partial charge in [-0.2, -0.15) is 15.5 Å². The lowest BCUT2D eigenvalue weighted by atomic mass is 10.0. The zero-order chi connectivity index (χ0) is 22.5. The largest absolute Gasteiger partial charge is 0.480 e. The summed E-state index contributed by atoms with van der Waals surface area (Å²) < 4.78 is 6.07. The first-order valence-electron chi connectivity index (χ1n) is 9.60. The van der Waals surface area contributed by atoms with Gasteiger partial charge < -0.3 is 15.6 Å². The maximum absolute atomic E-state index is 11.1. The summed E-state index contributed by atoms with van der Waals surface area (Å²) in [6.07, 6.45) is 2.90. The molecule has 8 heteroatoms. The molecule has 8 nitrogen and oxygen atoms in total. The molecule has 0 spiro atoms. The van der Waals surface area contributed by atoms with Crippen LogP contribution < -0.4 is 10.5 Å². The molecular weight excluding hydrogens is 406 g/mol. The second-order valence-electron chi connectivity index (χ2n) is 6.86. The average molecular weight is 423 g/mol. The van der Waals surface area contributed by atoms with Gasteiger partial charge in [-0.25, -0.2) is 0 Å². The van der Waals surface area contributed by atoms with Crippen molar-refractivity contribution in [3.8, 4) is 40.1 Å². The smallest absolute Gasteiger partial charge is 0.325 e. The Bertz CT molecular complexity index is 1300. The highest BCUT2D eigenvalue weighted by atomic mass is 16.5. The van der Waals surface area contributed by atoms with Gasteiger partial charge in [0.1, 0.15) is 17.5 Å². The molecule has 32 heavy (non-hydrogen) atoms. The number of benzene rings is 2. The van der Waals surface area contributed by atoms with Crippen molar-refractivity contribution < 1.29 is 14.6 Å². The van der Waals surface area contributed by atoms with Gasteiger partial charge in [0.25, 0.3) is 0 Å². The van der Waals surface area contributed by atoms with E-state index in [2.05, 4.69) is 21.3 Å². The minimum Gasteiger partial charge on any atom is -0.480 e. The van der Waals surface area contributed by atoms with Crippen LogP contribution in [0.25, 0.3) is 22.5 Å². The number of carbonyl (C=O) groups is 1. The molecule has 0 bridgehead atoms. The van der Waals surface area contributed by atoms with Crippen LogP contribution in [-0.2, 0) is 4.79 Å². The Kier molecular flexibility index (Phi) is 5.83. The van der Waals surface area contributed by atoms with Gasteiger partial charge in [0.2, 0.25) is 0 Å². The number of rotatable bonds is 6. The van der Waals surface area contributed by atoms with Gasteiger partial charge in [0, 0.05) is 23.4 Å². The van der Waals surface area contributed by atoms with E-state index in [4.69, 9.17) is 15.6 Å². The van der Waals surface area contributed by atoms with Crippen LogP contribution in [0, 0.1) is 11.3 Å². The molecule has 2 aromatic carbocycles. The number of nitriles is 1. The van der Waals surface area contributed by atoms with Crippen molar-refractivity contribution in [3.63, 3.8) is 0 Å². The Morgan fingerprint density at radius 2 is 1.84 bits per heavy atom. The number of carboxylic acids is 1. The van der Waals surface area contributed by atoms with E-state index in [1.807, 2.05) is 30.3 Å². The molecule has 0 aliphatic heterocycles. The second-order valence-corrected chi connectivity index (χ2v) is 6.86. The lowest BCUT2D eigenvalue weighted by Crippen LogP contribution is -2.20. The molecule has 4 rings (SSSR count). The molecule has 0 fully saturated rings. The van der Waals surface area contributed by atoms with E-state index in [-0.39, 0.29) is 0 Å². The van der Waals surface area contributed by atoms with Gasteiger partial charge in [-0.3, -0.25) is 9.78 Å². The number of aliphatic carboxylic acids is 1. The molecule has 2 aromatic heterocycles. The molecule has 4 aromatic rings. The highest BCUT2D eigenvalue weighted by molar-refractivity contribution is 5.75. The van der Waals surface area contributed by atoms with Crippen LogP contribution in [0.3, 0.4) is 0 Å². The number of ether oxygens (including phenoxy) is 1. The molecular formula is C24H17N5O3. The number of nitrogens with zero attached hydrogens (tertiary/aromatic N) is 4. The highest BCUT2D eigenvalue weighted by Gasteiger charge is 2.16. The Morgan fingerprint density at radius 3 is 2.53 bits per heavy atom. The zero-order valence-corrected chi connectivity index (χ0v) is 16.7. The monoisotopic (exact) mass is 423 g/mol. The van der Waals surface area contributed by atoms with Crippen LogP contribution in [0.15, 0.2) is 79.1 Å². The Hall–Kier alpha value is -4.61. The molecule has 156 valence electrons. The van der Waals surface area contributed by atoms with Gasteiger partial charge in [0.15, 0.2) is 0 Å². The first-order valence-corrected chi connectivity index (χ1v) is 9.60. The van der Waals surface area contributed by atoms with E-state index < -0.39 is 12.0 Å². The fourth-order valence-corrected chi connectivity index (χ4v) is 3.06. The third kappa shape index (κ3) is 4.43. The number of carboxylic acid groups (broad SMARTS) is 1. The van der Waals surface area contributed by atoms with E-state index in [0.717, 1.165) is 5.56 Å². The zero-order valence-electron chi connectivity index (χ0n) is 16.7. The molecule has 2 heterocycles. The minimum absolute atomic E-state index is 0.378. The summed E-state index contributed by atoms with van der Waals surface area (Å²) in [6, 6.07) is 20.5. The average Bonchev–Trinajstić information content (AvgIpc) is 2.84. The van der Waals surface area contributed by atoms with E-state index in [9.17, 15) is 10.1 Å². The molecule has 1 atom stereocenters. The topological polar surface area (TPSA) is 135 Å². The number of nitrogens with two attached hydrogens (primary N) is 1. The summed E-state index contributed by atoms with van der Waals surface area (Å²) >= 11 is 0. The summed E-state index contributed by atoms with van der Waals surface area (Å²) in [4.78, 5) is 15.4. The predicted molar refractivity (Wildman–Crippen MR) is 116 cm³/mol. The summed E-state index contributed by atoms with van der Waals surface area (Å²) in [6.45, 7) is 0. The molecule has 1 unspecified atom stereocenters. The van der Waals surface area contributed by atoms with Crippen molar-refractivity contribution in [3.05, 3.63) is 90.3 Å². The van der Waals surface area contributed by atoms with Gasteiger partial charge in [-0.05, 0) is 29.8 Å². The number of aromatic nitrogens is 3. The summed E-state index contributed by atoms with van der Waals surface area (Å²) in [7, 11) is 0. The summed E-state index contributed by atoms with van der Waals surface area (Å²) in [5.41, 5.74) is 9.14. The molecule has 3 N–H and O–H groups in total. The Morgan fingerprint density at radius 1 is 1.03 bits per heavy atom. The lowest BCUT2D eigenvalue weighted by molar-refractivity contribution is -0.138. The van der Waals surface area contributed by atoms with E-state index in [1.165, 1.54) is 12.4 Å². The highest BCUT2D eigenvalue weighted by Crippen LogP contribution is 2.34. The predicted octanol–water partition coefficient (Wildman–Crippen LogP) is 3.95. The van der Waals surface area contributed by atoms with Gasteiger partial charge >= 0.3 is 5.97 Å². The van der Waals surface area contributed by atoms with Crippen LogP contribution >= 0.6 is 0 Å². The Balaban J connectivity index is 1.69. The number of pyridine rings is 1. The molecule has 0 saturated heterocycles. The van der Waals surface area contributed by atoms with Crippen molar-refractivity contribution in [1.29, 1.82) is 5.26 Å². The molecule has 0 radical (unpaired) electrons. The van der Waals surface area contributed by atoms with Crippen LogP contribution in [0.5, 0.6) is 11.5 Å². The van der Waals surface area contributed by atoms with E-state index in [1.54, 1.807) is 36.4 Å². The van der Waals surface area contributed by atoms with Gasteiger partial charge in [0.05, 0.1) is 29.2 Å². The van der Waals surface area contributed by atoms with Crippen molar-refractivity contribution in [2.75, 3.05) is 0 Å². The molecule has 0 amide bonds. The van der Waals surface area contributed by atoms with Crippen LogP contribution in [-0.4, -0.2) is 26.3 Å². The number of hydrogen-bond donors (Lipinski definition) is 2. The number of hydrogen-bond acceptors (Lipinski definition) is 7. The standard InChI is InChI=1S/C24H17N5O3/c25-12-15-6-8-19(20-9-7-17(13-27-20)23(26)24(30)31)22(10-15)32-18-11-21(29-28-14-18)16-4-2-1-3-5-16/h1-11,13-14,23H,26H2,(H,30,31). The van der Waals surface area contributed by atoms with E-state index >= 15 is 0 Å². The normalized spacial score (nSPS) is 11.4. The van der Waals surface area contributed by atoms with E-state index in [0.29, 0.717) is 39.6 Å². The first kappa shape index (κ1) is 20.7. The van der Waals surface area contributed by atoms with Crippen LogP contribution in [0.2, 0.25) is 0 Å². The van der Waals surface area contributed by atoms with Crippen molar-refractivity contribution in [2.45, 2.75) is 6.04 Å². The van der Waals surface area contributed by atoms with Crippen molar-refractivity contribution >= 4 is 5.97 Å². The first-order chi connectivity index (χ1) is 15.5. The van der Waals surface area contributed by atoms with Crippen LogP contribution in [0.4, 0.5) is 0 Å². The third-order valence-electron chi connectivity index (χ3n) is 4.72. The second kappa shape index (κ2) is 9.04. The van der Waals surface area contributed by atoms with Crippen LogP contribution in [0.1, 0.15) is 17.2 Å². The van der Waals surface area contributed by atoms with Crippen molar-refractivity contribution in [2.24, 2.45) is 5.73 Å². The fraction of sp³-hybridized carbons (Fsp3) is 0.0417. The summed E-state index contributed by atoms with van der Waals surface area (Å²) in [5.74, 6) is -0.292. The lowest BCUT2D eigenvalue weighted by Gasteiger charge is -2.13. The maximum atomic E-state index is 11.1. The molecule has 0 aliphatic rings. The SMILES string of the molecule is N#Cc1ccc(-c2ccc(C(N)C(=O)O)cn2)c(Oc2cnnc(-c3ccccc3)c2)c1. The quantitative estimate of drug-likeness (QED) is 0.476. The fourth-order valence-electron chi connectivity index (χ4n) is 3.06. The van der Waals surface area contributed by atoms with Gasteiger partial charge in [-0.1, -0.05) is 36.4 Å². The minimum atomic E-state index is -1.16. The third-order valence-corrected chi connectivity index (χ3v) is 4.72. The van der Waals surface area contributed by atoms with Gasteiger partial charge in [-0.15, -0.1) is 0 Å².